The molecule has 1 atom stereocenters. The Morgan fingerprint density at radius 1 is 1.06 bits per heavy atom. The first-order chi connectivity index (χ1) is 15.5. The van der Waals surface area contributed by atoms with E-state index in [2.05, 4.69) is 10.4 Å². The maximum absolute atomic E-state index is 12.6. The van der Waals surface area contributed by atoms with Gasteiger partial charge < -0.3 is 15.0 Å². The van der Waals surface area contributed by atoms with Crippen LogP contribution in [0.2, 0.25) is 0 Å². The van der Waals surface area contributed by atoms with Crippen LogP contribution >= 0.6 is 0 Å². The number of anilines is 1. The quantitative estimate of drug-likeness (QED) is 0.617. The van der Waals surface area contributed by atoms with Crippen LogP contribution in [0.15, 0.2) is 71.5 Å². The lowest BCUT2D eigenvalue weighted by Crippen LogP contribution is -2.36. The molecule has 4 rings (SSSR count). The highest BCUT2D eigenvalue weighted by molar-refractivity contribution is 6.00. The van der Waals surface area contributed by atoms with Crippen LogP contribution in [0, 0.1) is 5.92 Å². The second kappa shape index (κ2) is 9.47. The molecule has 3 aromatic rings. The molecule has 2 heterocycles. The molecule has 2 aromatic carbocycles. The smallest absolute Gasteiger partial charge is 0.266 e. The number of benzene rings is 2. The normalized spacial score (nSPS) is 15.6. The van der Waals surface area contributed by atoms with Crippen molar-refractivity contribution in [3.63, 3.8) is 0 Å². The Hall–Kier alpha value is -3.94. The molecule has 1 aromatic heterocycles. The molecule has 8 heteroatoms. The number of ether oxygens (including phenoxy) is 1. The van der Waals surface area contributed by atoms with Gasteiger partial charge in [-0.25, -0.2) is 4.68 Å². The van der Waals surface area contributed by atoms with E-state index in [1.165, 1.54) is 10.7 Å². The number of methoxy groups -OCH3 is 1. The van der Waals surface area contributed by atoms with E-state index in [1.54, 1.807) is 18.1 Å². The Morgan fingerprint density at radius 3 is 2.53 bits per heavy atom. The average Bonchev–Trinajstić information content (AvgIpc) is 3.22. The van der Waals surface area contributed by atoms with Gasteiger partial charge in [0.15, 0.2) is 0 Å². The van der Waals surface area contributed by atoms with Crippen LogP contribution in [-0.2, 0) is 16.1 Å². The number of amides is 2. The van der Waals surface area contributed by atoms with Crippen LogP contribution in [0.3, 0.4) is 0 Å². The highest BCUT2D eigenvalue weighted by atomic mass is 16.5. The van der Waals surface area contributed by atoms with Gasteiger partial charge in [-0.2, -0.15) is 5.10 Å². The van der Waals surface area contributed by atoms with Crippen molar-refractivity contribution in [3.8, 4) is 17.0 Å². The summed E-state index contributed by atoms with van der Waals surface area (Å²) in [5.41, 5.74) is 2.05. The van der Waals surface area contributed by atoms with Gasteiger partial charge in [0.1, 0.15) is 5.75 Å². The number of carbonyl (C=O) groups excluding carboxylic acids is 2. The molecule has 1 fully saturated rings. The lowest BCUT2D eigenvalue weighted by Gasteiger charge is -2.16. The summed E-state index contributed by atoms with van der Waals surface area (Å²) < 4.78 is 6.49. The van der Waals surface area contributed by atoms with Gasteiger partial charge in [0.25, 0.3) is 5.56 Å². The van der Waals surface area contributed by atoms with Gasteiger partial charge in [-0.3, -0.25) is 14.4 Å². The molecule has 32 heavy (non-hydrogen) atoms. The number of hydrogen-bond acceptors (Lipinski definition) is 5. The highest BCUT2D eigenvalue weighted by Gasteiger charge is 2.34. The summed E-state index contributed by atoms with van der Waals surface area (Å²) in [5, 5.41) is 7.24. The standard InChI is InChI=1S/C24H24N4O4/c1-32-20-9-7-17(8-10-20)21-11-12-22(29)28(26-21)14-13-25-24(31)18-15-23(30)27(16-18)19-5-3-2-4-6-19/h2-12,18H,13-16H2,1H3,(H,25,31). The van der Waals surface area contributed by atoms with Crippen LogP contribution in [0.5, 0.6) is 5.75 Å². The lowest BCUT2D eigenvalue weighted by molar-refractivity contribution is -0.126. The largest absolute Gasteiger partial charge is 0.497 e. The molecule has 1 aliphatic rings. The molecule has 2 amide bonds. The minimum atomic E-state index is -0.418. The van der Waals surface area contributed by atoms with E-state index in [1.807, 2.05) is 54.6 Å². The number of aromatic nitrogens is 2. The van der Waals surface area contributed by atoms with Crippen molar-refractivity contribution < 1.29 is 14.3 Å². The predicted molar refractivity (Wildman–Crippen MR) is 120 cm³/mol. The second-order valence-electron chi connectivity index (χ2n) is 7.54. The molecule has 0 radical (unpaired) electrons. The third-order valence-corrected chi connectivity index (χ3v) is 5.44. The Kier molecular flexibility index (Phi) is 6.30. The van der Waals surface area contributed by atoms with E-state index in [0.29, 0.717) is 12.2 Å². The topological polar surface area (TPSA) is 93.5 Å². The summed E-state index contributed by atoms with van der Waals surface area (Å²) in [4.78, 5) is 38.7. The van der Waals surface area contributed by atoms with E-state index in [4.69, 9.17) is 4.74 Å². The first-order valence-corrected chi connectivity index (χ1v) is 10.4. The molecule has 1 saturated heterocycles. The number of para-hydroxylation sites is 1. The maximum Gasteiger partial charge on any atom is 0.266 e. The van der Waals surface area contributed by atoms with Gasteiger partial charge in [0.05, 0.1) is 25.3 Å². The van der Waals surface area contributed by atoms with Gasteiger partial charge in [0.2, 0.25) is 11.8 Å². The Labute approximate surface area is 185 Å². The Morgan fingerprint density at radius 2 is 1.81 bits per heavy atom. The molecular formula is C24H24N4O4. The third kappa shape index (κ3) is 4.69. The van der Waals surface area contributed by atoms with Gasteiger partial charge in [-0.1, -0.05) is 18.2 Å². The van der Waals surface area contributed by atoms with E-state index >= 15 is 0 Å². The molecule has 1 N–H and O–H groups in total. The zero-order valence-corrected chi connectivity index (χ0v) is 17.7. The summed E-state index contributed by atoms with van der Waals surface area (Å²) in [6, 6.07) is 19.8. The monoisotopic (exact) mass is 432 g/mol. The average molecular weight is 432 g/mol. The minimum absolute atomic E-state index is 0.0681. The number of nitrogens with one attached hydrogen (secondary N) is 1. The molecular weight excluding hydrogens is 408 g/mol. The number of rotatable bonds is 7. The number of hydrogen-bond donors (Lipinski definition) is 1. The van der Waals surface area contributed by atoms with Crippen LogP contribution in [0.1, 0.15) is 6.42 Å². The Bertz CT molecular complexity index is 1160. The fourth-order valence-electron chi connectivity index (χ4n) is 3.69. The van der Waals surface area contributed by atoms with Crippen molar-refractivity contribution in [2.45, 2.75) is 13.0 Å². The van der Waals surface area contributed by atoms with E-state index < -0.39 is 5.92 Å². The molecule has 0 bridgehead atoms. The molecule has 1 aliphatic heterocycles. The second-order valence-corrected chi connectivity index (χ2v) is 7.54. The van der Waals surface area contributed by atoms with Crippen LogP contribution in [0.25, 0.3) is 11.3 Å². The SMILES string of the molecule is COc1ccc(-c2ccc(=O)n(CCNC(=O)C3CC(=O)N(c4ccccc4)C3)n2)cc1. The van der Waals surface area contributed by atoms with E-state index in [9.17, 15) is 14.4 Å². The van der Waals surface area contributed by atoms with Gasteiger partial charge >= 0.3 is 0 Å². The summed E-state index contributed by atoms with van der Waals surface area (Å²) in [6.45, 7) is 0.825. The molecule has 0 spiro atoms. The summed E-state index contributed by atoms with van der Waals surface area (Å²) >= 11 is 0. The lowest BCUT2D eigenvalue weighted by atomic mass is 10.1. The van der Waals surface area contributed by atoms with Gasteiger partial charge in [-0.15, -0.1) is 0 Å². The third-order valence-electron chi connectivity index (χ3n) is 5.44. The van der Waals surface area contributed by atoms with E-state index in [0.717, 1.165) is 17.0 Å². The summed E-state index contributed by atoms with van der Waals surface area (Å²) in [6.07, 6.45) is 0.173. The maximum atomic E-state index is 12.6. The predicted octanol–water partition coefficient (Wildman–Crippen LogP) is 2.09. The zero-order valence-electron chi connectivity index (χ0n) is 17.7. The van der Waals surface area contributed by atoms with Crippen molar-refractivity contribution in [3.05, 3.63) is 77.1 Å². The fourth-order valence-corrected chi connectivity index (χ4v) is 3.69. The highest BCUT2D eigenvalue weighted by Crippen LogP contribution is 2.25. The van der Waals surface area contributed by atoms with Gasteiger partial charge in [-0.05, 0) is 42.5 Å². The van der Waals surface area contributed by atoms with Crippen molar-refractivity contribution in [2.75, 3.05) is 25.1 Å². The summed E-state index contributed by atoms with van der Waals surface area (Å²) in [7, 11) is 1.60. The van der Waals surface area contributed by atoms with Crippen molar-refractivity contribution in [1.29, 1.82) is 0 Å². The molecule has 1 unspecified atom stereocenters. The molecule has 0 aliphatic carbocycles. The van der Waals surface area contributed by atoms with Crippen molar-refractivity contribution in [1.82, 2.24) is 15.1 Å². The molecule has 164 valence electrons. The zero-order chi connectivity index (χ0) is 22.5. The van der Waals surface area contributed by atoms with Gasteiger partial charge in [0, 0.05) is 36.8 Å². The van der Waals surface area contributed by atoms with Crippen molar-refractivity contribution >= 4 is 17.5 Å². The molecule has 8 nitrogen and oxygen atoms in total. The first-order valence-electron chi connectivity index (χ1n) is 10.4. The van der Waals surface area contributed by atoms with Crippen LogP contribution < -0.4 is 20.5 Å². The number of nitrogens with zero attached hydrogens (tertiary/aromatic N) is 3. The minimum Gasteiger partial charge on any atom is -0.497 e. The fraction of sp³-hybridized carbons (Fsp3) is 0.250. The van der Waals surface area contributed by atoms with Crippen LogP contribution in [0.4, 0.5) is 5.69 Å². The Balaban J connectivity index is 1.35. The molecule has 0 saturated carbocycles. The van der Waals surface area contributed by atoms with Crippen LogP contribution in [-0.4, -0.2) is 41.8 Å². The van der Waals surface area contributed by atoms with Crippen molar-refractivity contribution in [2.24, 2.45) is 5.92 Å². The first kappa shape index (κ1) is 21.3. The van der Waals surface area contributed by atoms with E-state index in [-0.39, 0.29) is 36.9 Å². The number of carbonyl (C=O) groups is 2. The summed E-state index contributed by atoms with van der Waals surface area (Å²) in [5.74, 6) is 0.0524.